The molecule has 2 rings (SSSR count). The van der Waals surface area contributed by atoms with Crippen molar-refractivity contribution in [2.24, 2.45) is 0 Å². The van der Waals surface area contributed by atoms with Crippen molar-refractivity contribution in [2.75, 3.05) is 19.7 Å². The highest BCUT2D eigenvalue weighted by Gasteiger charge is 2.19. The third-order valence-electron chi connectivity index (χ3n) is 3.23. The lowest BCUT2D eigenvalue weighted by molar-refractivity contribution is -0.132. The number of aliphatic hydroxyl groups is 1. The summed E-state index contributed by atoms with van der Waals surface area (Å²) in [5.41, 5.74) is 0.599. The summed E-state index contributed by atoms with van der Waals surface area (Å²) in [5.74, 6) is 0.496. The van der Waals surface area contributed by atoms with Gasteiger partial charge >= 0.3 is 0 Å². The minimum atomic E-state index is -0.685. The van der Waals surface area contributed by atoms with Crippen LogP contribution in [0.15, 0.2) is 18.2 Å². The van der Waals surface area contributed by atoms with Crippen LogP contribution in [-0.2, 0) is 4.79 Å². The first-order valence-electron chi connectivity index (χ1n) is 6.46. The summed E-state index contributed by atoms with van der Waals surface area (Å²) < 4.78 is 5.52. The number of ether oxygens (including phenoxy) is 1. The Morgan fingerprint density at radius 1 is 1.47 bits per heavy atom. The molecule has 0 radical (unpaired) electrons. The molecule has 1 aromatic carbocycles. The van der Waals surface area contributed by atoms with Gasteiger partial charge in [-0.3, -0.25) is 4.79 Å². The normalized spacial score (nSPS) is 16.5. The Kier molecular flexibility index (Phi) is 4.66. The Balaban J connectivity index is 2.00. The highest BCUT2D eigenvalue weighted by atomic mass is 35.5. The average molecular weight is 284 g/mol. The van der Waals surface area contributed by atoms with Gasteiger partial charge in [0.15, 0.2) is 6.61 Å². The topological polar surface area (TPSA) is 49.8 Å². The number of carbonyl (C=O) groups is 1. The van der Waals surface area contributed by atoms with E-state index in [1.165, 1.54) is 0 Å². The molecule has 0 spiro atoms. The van der Waals surface area contributed by atoms with Gasteiger partial charge in [-0.1, -0.05) is 11.6 Å². The van der Waals surface area contributed by atoms with Crippen LogP contribution in [0.3, 0.4) is 0 Å². The number of likely N-dealkylation sites (tertiary alicyclic amines) is 1. The fourth-order valence-corrected chi connectivity index (χ4v) is 2.36. The van der Waals surface area contributed by atoms with Crippen molar-refractivity contribution < 1.29 is 14.6 Å². The van der Waals surface area contributed by atoms with Gasteiger partial charge in [0.05, 0.1) is 6.10 Å². The lowest BCUT2D eigenvalue weighted by atomic mass is 10.1. The smallest absolute Gasteiger partial charge is 0.260 e. The molecule has 1 heterocycles. The molecule has 0 aliphatic carbocycles. The number of aliphatic hydroxyl groups excluding tert-OH is 1. The molecule has 1 aromatic rings. The summed E-state index contributed by atoms with van der Waals surface area (Å²) >= 11 is 5.89. The van der Waals surface area contributed by atoms with E-state index in [9.17, 15) is 9.90 Å². The van der Waals surface area contributed by atoms with Gasteiger partial charge in [-0.15, -0.1) is 0 Å². The number of carbonyl (C=O) groups excluding carboxylic acids is 1. The summed E-state index contributed by atoms with van der Waals surface area (Å²) in [7, 11) is 0. The van der Waals surface area contributed by atoms with E-state index < -0.39 is 6.10 Å². The Morgan fingerprint density at radius 3 is 2.79 bits per heavy atom. The molecule has 0 bridgehead atoms. The van der Waals surface area contributed by atoms with Crippen LogP contribution < -0.4 is 4.74 Å². The predicted octanol–water partition coefficient (Wildman–Crippen LogP) is 2.39. The van der Waals surface area contributed by atoms with Gasteiger partial charge < -0.3 is 14.7 Å². The van der Waals surface area contributed by atoms with Gasteiger partial charge in [-0.25, -0.2) is 0 Å². The molecular weight excluding hydrogens is 266 g/mol. The highest BCUT2D eigenvalue weighted by molar-refractivity contribution is 6.30. The molecule has 0 saturated carbocycles. The molecule has 1 atom stereocenters. The Bertz CT molecular complexity index is 456. The van der Waals surface area contributed by atoms with Crippen molar-refractivity contribution in [1.29, 1.82) is 0 Å². The van der Waals surface area contributed by atoms with Crippen molar-refractivity contribution in [3.8, 4) is 5.75 Å². The quantitative estimate of drug-likeness (QED) is 0.923. The van der Waals surface area contributed by atoms with E-state index in [1.807, 2.05) is 0 Å². The van der Waals surface area contributed by atoms with E-state index in [0.717, 1.165) is 25.9 Å². The second-order valence-corrected chi connectivity index (χ2v) is 5.17. The molecule has 5 heteroatoms. The Morgan fingerprint density at radius 2 is 2.16 bits per heavy atom. The van der Waals surface area contributed by atoms with Crippen LogP contribution in [0.2, 0.25) is 5.02 Å². The minimum absolute atomic E-state index is 0.00134. The zero-order valence-corrected chi connectivity index (χ0v) is 11.7. The zero-order valence-electron chi connectivity index (χ0n) is 10.9. The number of nitrogens with zero attached hydrogens (tertiary/aromatic N) is 1. The van der Waals surface area contributed by atoms with Gasteiger partial charge in [-0.2, -0.15) is 0 Å². The highest BCUT2D eigenvalue weighted by Crippen LogP contribution is 2.28. The number of hydrogen-bond donors (Lipinski definition) is 1. The summed E-state index contributed by atoms with van der Waals surface area (Å²) in [5, 5.41) is 10.2. The maximum atomic E-state index is 11.9. The third-order valence-corrected chi connectivity index (χ3v) is 3.47. The van der Waals surface area contributed by atoms with E-state index in [-0.39, 0.29) is 12.5 Å². The van der Waals surface area contributed by atoms with Crippen molar-refractivity contribution in [3.05, 3.63) is 28.8 Å². The second-order valence-electron chi connectivity index (χ2n) is 4.73. The molecule has 1 aliphatic heterocycles. The van der Waals surface area contributed by atoms with Crippen LogP contribution in [0.1, 0.15) is 31.4 Å². The number of benzene rings is 1. The van der Waals surface area contributed by atoms with E-state index in [2.05, 4.69) is 0 Å². The number of halogens is 1. The fourth-order valence-electron chi connectivity index (χ4n) is 2.17. The maximum absolute atomic E-state index is 11.9. The van der Waals surface area contributed by atoms with Gasteiger partial charge in [0.2, 0.25) is 0 Å². The molecule has 1 saturated heterocycles. The summed E-state index contributed by atoms with van der Waals surface area (Å²) in [4.78, 5) is 13.7. The Labute approximate surface area is 117 Å². The van der Waals surface area contributed by atoms with E-state index in [4.69, 9.17) is 16.3 Å². The number of hydrogen-bond acceptors (Lipinski definition) is 3. The summed E-state index contributed by atoms with van der Waals surface area (Å²) in [6.45, 7) is 3.26. The standard InChI is InChI=1S/C14H18ClNO3/c1-10(17)12-8-11(15)4-5-13(12)19-9-14(18)16-6-2-3-7-16/h4-5,8,10,17H,2-3,6-7,9H2,1H3/t10-/m0/s1. The monoisotopic (exact) mass is 283 g/mol. The predicted molar refractivity (Wildman–Crippen MR) is 73.4 cm³/mol. The molecule has 1 aliphatic rings. The number of amides is 1. The average Bonchev–Trinajstić information content (AvgIpc) is 2.90. The minimum Gasteiger partial charge on any atom is -0.483 e. The second kappa shape index (κ2) is 6.26. The first-order valence-corrected chi connectivity index (χ1v) is 6.84. The van der Waals surface area contributed by atoms with Crippen molar-refractivity contribution in [2.45, 2.75) is 25.9 Å². The molecular formula is C14H18ClNO3. The van der Waals surface area contributed by atoms with E-state index in [0.29, 0.717) is 16.3 Å². The molecule has 1 amide bonds. The molecule has 0 aromatic heterocycles. The SMILES string of the molecule is C[C@H](O)c1cc(Cl)ccc1OCC(=O)N1CCCC1. The van der Waals surface area contributed by atoms with Crippen LogP contribution in [0, 0.1) is 0 Å². The Hall–Kier alpha value is -1.26. The molecule has 1 fully saturated rings. The van der Waals surface area contributed by atoms with E-state index >= 15 is 0 Å². The third kappa shape index (κ3) is 3.61. The van der Waals surface area contributed by atoms with Crippen LogP contribution in [-0.4, -0.2) is 35.6 Å². The molecule has 1 N–H and O–H groups in total. The van der Waals surface area contributed by atoms with Crippen LogP contribution in [0.25, 0.3) is 0 Å². The molecule has 0 unspecified atom stereocenters. The molecule has 104 valence electrons. The summed E-state index contributed by atoms with van der Waals surface area (Å²) in [6, 6.07) is 5.02. The number of rotatable bonds is 4. The molecule has 19 heavy (non-hydrogen) atoms. The van der Waals surface area contributed by atoms with Crippen molar-refractivity contribution in [3.63, 3.8) is 0 Å². The summed E-state index contributed by atoms with van der Waals surface area (Å²) in [6.07, 6.45) is 1.44. The van der Waals surface area contributed by atoms with Crippen LogP contribution >= 0.6 is 11.6 Å². The van der Waals surface area contributed by atoms with Gasteiger partial charge in [-0.05, 0) is 38.0 Å². The van der Waals surface area contributed by atoms with Crippen molar-refractivity contribution >= 4 is 17.5 Å². The van der Waals surface area contributed by atoms with Gasteiger partial charge in [0.1, 0.15) is 5.75 Å². The lowest BCUT2D eigenvalue weighted by Crippen LogP contribution is -2.32. The zero-order chi connectivity index (χ0) is 13.8. The van der Waals surface area contributed by atoms with Crippen molar-refractivity contribution in [1.82, 2.24) is 4.90 Å². The maximum Gasteiger partial charge on any atom is 0.260 e. The van der Waals surface area contributed by atoms with Gasteiger partial charge in [0.25, 0.3) is 5.91 Å². The van der Waals surface area contributed by atoms with E-state index in [1.54, 1.807) is 30.0 Å². The largest absolute Gasteiger partial charge is 0.483 e. The molecule has 4 nitrogen and oxygen atoms in total. The van der Waals surface area contributed by atoms with Crippen LogP contribution in [0.4, 0.5) is 0 Å². The first kappa shape index (κ1) is 14.2. The fraction of sp³-hybridized carbons (Fsp3) is 0.500. The lowest BCUT2D eigenvalue weighted by Gasteiger charge is -2.17. The first-order chi connectivity index (χ1) is 9.08. The van der Waals surface area contributed by atoms with Crippen LogP contribution in [0.5, 0.6) is 5.75 Å². The van der Waals surface area contributed by atoms with Gasteiger partial charge in [0, 0.05) is 23.7 Å².